The quantitative estimate of drug-likeness (QED) is 0.537. The third kappa shape index (κ3) is 3.68. The van der Waals surface area contributed by atoms with Crippen LogP contribution in [0.2, 0.25) is 0 Å². The summed E-state index contributed by atoms with van der Waals surface area (Å²) < 4.78 is 16.9. The fraction of sp³-hybridized carbons (Fsp3) is 0.182. The van der Waals surface area contributed by atoms with E-state index in [2.05, 4.69) is 10.2 Å². The van der Waals surface area contributed by atoms with Crippen LogP contribution >= 0.6 is 0 Å². The van der Waals surface area contributed by atoms with Crippen LogP contribution in [0.25, 0.3) is 23.0 Å². The monoisotopic (exact) mass is 375 g/mol. The number of nitrogens with two attached hydrogens (primary N) is 1. The van der Waals surface area contributed by atoms with E-state index in [1.165, 1.54) is 0 Å². The molecule has 0 radical (unpaired) electrons. The van der Waals surface area contributed by atoms with E-state index >= 15 is 0 Å². The van der Waals surface area contributed by atoms with Gasteiger partial charge in [-0.25, -0.2) is 0 Å². The van der Waals surface area contributed by atoms with Crippen LogP contribution in [0.4, 0.5) is 0 Å². The molecular weight excluding hydrogens is 354 g/mol. The molecule has 0 saturated heterocycles. The molecule has 0 saturated carbocycles. The van der Waals surface area contributed by atoms with Gasteiger partial charge < -0.3 is 19.3 Å². The molecule has 28 heavy (non-hydrogen) atoms. The molecule has 0 aliphatic heterocycles. The minimum absolute atomic E-state index is 0.305. The zero-order valence-corrected chi connectivity index (χ0v) is 15.8. The number of rotatable bonds is 6. The first-order chi connectivity index (χ1) is 13.5. The Hall–Kier alpha value is -3.38. The molecule has 0 spiro atoms. The molecule has 4 rings (SSSR count). The van der Waals surface area contributed by atoms with Crippen LogP contribution in [0.3, 0.4) is 0 Å². The van der Waals surface area contributed by atoms with Crippen LogP contribution in [0.1, 0.15) is 18.4 Å². The summed E-state index contributed by atoms with van der Waals surface area (Å²) >= 11 is 0. The normalized spacial score (nSPS) is 13.2. The molecule has 0 amide bonds. The van der Waals surface area contributed by atoms with Crippen LogP contribution in [0, 0.1) is 0 Å². The summed E-state index contributed by atoms with van der Waals surface area (Å²) in [5.41, 5.74) is 7.70. The largest absolute Gasteiger partial charge is 0.497 e. The maximum atomic E-state index is 6.45. The van der Waals surface area contributed by atoms with E-state index in [0.29, 0.717) is 29.7 Å². The van der Waals surface area contributed by atoms with Crippen LogP contribution in [0.5, 0.6) is 5.75 Å². The van der Waals surface area contributed by atoms with E-state index in [0.717, 1.165) is 16.9 Å². The van der Waals surface area contributed by atoms with Crippen molar-refractivity contribution in [3.63, 3.8) is 0 Å². The highest BCUT2D eigenvalue weighted by molar-refractivity contribution is 5.61. The number of hydrogen-bond donors (Lipinski definition) is 1. The summed E-state index contributed by atoms with van der Waals surface area (Å²) in [5.74, 6) is 2.67. The Balaban J connectivity index is 1.55. The fourth-order valence-corrected chi connectivity index (χ4v) is 3.01. The number of furan rings is 1. The lowest BCUT2D eigenvalue weighted by atomic mass is 9.94. The Kier molecular flexibility index (Phi) is 4.71. The Morgan fingerprint density at radius 2 is 1.61 bits per heavy atom. The average molecular weight is 375 g/mol. The zero-order chi connectivity index (χ0) is 19.6. The summed E-state index contributed by atoms with van der Waals surface area (Å²) in [4.78, 5) is 0. The molecule has 2 N–H and O–H groups in total. The lowest BCUT2D eigenvalue weighted by molar-refractivity contribution is 0.352. The molecule has 2 heterocycles. The van der Waals surface area contributed by atoms with Gasteiger partial charge in [-0.15, -0.1) is 10.2 Å². The predicted octanol–water partition coefficient (Wildman–Crippen LogP) is 4.42. The third-order valence-electron chi connectivity index (χ3n) is 4.52. The minimum Gasteiger partial charge on any atom is -0.497 e. The van der Waals surface area contributed by atoms with E-state index in [1.807, 2.05) is 73.7 Å². The Bertz CT molecular complexity index is 1050. The van der Waals surface area contributed by atoms with Crippen LogP contribution in [-0.4, -0.2) is 17.3 Å². The van der Waals surface area contributed by atoms with E-state index < -0.39 is 5.54 Å². The number of hydrogen-bond acceptors (Lipinski definition) is 6. The number of ether oxygens (including phenoxy) is 1. The second-order valence-electron chi connectivity index (χ2n) is 6.88. The molecule has 0 aliphatic rings. The summed E-state index contributed by atoms with van der Waals surface area (Å²) in [5, 5.41) is 8.27. The first-order valence-electron chi connectivity index (χ1n) is 8.96. The Morgan fingerprint density at radius 3 is 2.32 bits per heavy atom. The van der Waals surface area contributed by atoms with Crippen molar-refractivity contribution in [1.82, 2.24) is 10.2 Å². The maximum Gasteiger partial charge on any atom is 0.283 e. The smallest absolute Gasteiger partial charge is 0.283 e. The van der Waals surface area contributed by atoms with Crippen molar-refractivity contribution in [2.24, 2.45) is 5.73 Å². The van der Waals surface area contributed by atoms with Crippen molar-refractivity contribution in [2.45, 2.75) is 18.9 Å². The highest BCUT2D eigenvalue weighted by Crippen LogP contribution is 2.30. The lowest BCUT2D eigenvalue weighted by Gasteiger charge is -2.19. The van der Waals surface area contributed by atoms with Crippen molar-refractivity contribution in [2.75, 3.05) is 7.11 Å². The van der Waals surface area contributed by atoms with Gasteiger partial charge in [0.25, 0.3) is 5.89 Å². The van der Waals surface area contributed by atoms with Gasteiger partial charge in [-0.05, 0) is 55.3 Å². The van der Waals surface area contributed by atoms with Crippen molar-refractivity contribution in [3.05, 3.63) is 78.2 Å². The molecular formula is C22H21N3O3. The van der Waals surface area contributed by atoms with Crippen LogP contribution in [0.15, 0.2) is 75.6 Å². The number of nitrogens with zero attached hydrogens (tertiary/aromatic N) is 2. The summed E-state index contributed by atoms with van der Waals surface area (Å²) in [6.45, 7) is 1.88. The first-order valence-corrected chi connectivity index (χ1v) is 8.96. The number of aromatic nitrogens is 2. The zero-order valence-electron chi connectivity index (χ0n) is 15.8. The molecule has 0 bridgehead atoms. The number of methoxy groups -OCH3 is 1. The Morgan fingerprint density at radius 1 is 0.893 bits per heavy atom. The molecule has 2 aromatic heterocycles. The highest BCUT2D eigenvalue weighted by atomic mass is 16.5. The maximum absolute atomic E-state index is 6.45. The van der Waals surface area contributed by atoms with E-state index in [-0.39, 0.29) is 0 Å². The van der Waals surface area contributed by atoms with Gasteiger partial charge in [0.1, 0.15) is 11.5 Å². The van der Waals surface area contributed by atoms with Gasteiger partial charge >= 0.3 is 0 Å². The number of benzene rings is 2. The molecule has 0 unspecified atom stereocenters. The SMILES string of the molecule is COc1ccc(-c2ccc(-c3nnc([C@](C)(N)Cc4ccccc4)o3)o2)cc1. The molecule has 6 nitrogen and oxygen atoms in total. The second kappa shape index (κ2) is 7.32. The van der Waals surface area contributed by atoms with Crippen molar-refractivity contribution in [1.29, 1.82) is 0 Å². The standard InChI is InChI=1S/C22H21N3O3/c1-22(23,14-15-6-4-3-5-7-15)21-25-24-20(28-21)19-13-12-18(27-19)16-8-10-17(26-2)11-9-16/h3-13H,14,23H2,1-2H3/t22-/m1/s1. The summed E-state index contributed by atoms with van der Waals surface area (Å²) in [6, 6.07) is 21.3. The topological polar surface area (TPSA) is 87.3 Å². The third-order valence-corrected chi connectivity index (χ3v) is 4.52. The second-order valence-corrected chi connectivity index (χ2v) is 6.88. The van der Waals surface area contributed by atoms with E-state index in [9.17, 15) is 0 Å². The average Bonchev–Trinajstić information content (AvgIpc) is 3.38. The molecule has 142 valence electrons. The lowest BCUT2D eigenvalue weighted by Crippen LogP contribution is -2.35. The predicted molar refractivity (Wildman–Crippen MR) is 106 cm³/mol. The molecule has 6 heteroatoms. The van der Waals surface area contributed by atoms with Gasteiger partial charge in [0.2, 0.25) is 5.89 Å². The van der Waals surface area contributed by atoms with Gasteiger partial charge in [0.05, 0.1) is 12.6 Å². The summed E-state index contributed by atoms with van der Waals surface area (Å²) in [7, 11) is 1.64. The van der Waals surface area contributed by atoms with Crippen molar-refractivity contribution >= 4 is 0 Å². The fourth-order valence-electron chi connectivity index (χ4n) is 3.01. The van der Waals surface area contributed by atoms with E-state index in [1.54, 1.807) is 7.11 Å². The van der Waals surface area contributed by atoms with Gasteiger partial charge in [-0.1, -0.05) is 30.3 Å². The molecule has 0 fully saturated rings. The molecule has 0 aliphatic carbocycles. The molecule has 4 aromatic rings. The van der Waals surface area contributed by atoms with Gasteiger partial charge in [-0.2, -0.15) is 0 Å². The van der Waals surface area contributed by atoms with Crippen molar-refractivity contribution < 1.29 is 13.6 Å². The molecule has 1 atom stereocenters. The van der Waals surface area contributed by atoms with Gasteiger partial charge in [0, 0.05) is 5.56 Å². The van der Waals surface area contributed by atoms with E-state index in [4.69, 9.17) is 19.3 Å². The molecule has 2 aromatic carbocycles. The van der Waals surface area contributed by atoms with Gasteiger partial charge in [-0.3, -0.25) is 0 Å². The highest BCUT2D eigenvalue weighted by Gasteiger charge is 2.29. The van der Waals surface area contributed by atoms with Crippen LogP contribution < -0.4 is 10.5 Å². The first kappa shape index (κ1) is 18.0. The van der Waals surface area contributed by atoms with Crippen LogP contribution in [-0.2, 0) is 12.0 Å². The van der Waals surface area contributed by atoms with Crippen molar-refractivity contribution in [3.8, 4) is 28.7 Å². The summed E-state index contributed by atoms with van der Waals surface area (Å²) in [6.07, 6.45) is 0.588. The van der Waals surface area contributed by atoms with Gasteiger partial charge in [0.15, 0.2) is 5.76 Å². The Labute approximate surface area is 163 Å². The minimum atomic E-state index is -0.780.